The molecule has 0 radical (unpaired) electrons. The first-order valence-corrected chi connectivity index (χ1v) is 6.76. The summed E-state index contributed by atoms with van der Waals surface area (Å²) in [4.78, 5) is 16.2. The second kappa shape index (κ2) is 8.24. The zero-order valence-electron chi connectivity index (χ0n) is 13.3. The summed E-state index contributed by atoms with van der Waals surface area (Å²) < 4.78 is 10.5. The largest absolute Gasteiger partial charge is 0.493 e. The Morgan fingerprint density at radius 2 is 1.87 bits per heavy atom. The van der Waals surface area contributed by atoms with Gasteiger partial charge < -0.3 is 20.5 Å². The van der Waals surface area contributed by atoms with E-state index in [1.54, 1.807) is 32.4 Å². The molecule has 6 nitrogen and oxygen atoms in total. The molecule has 1 heterocycles. The number of nitrogen functional groups attached to an aromatic ring is 1. The number of benzene rings is 1. The van der Waals surface area contributed by atoms with Crippen LogP contribution in [0.4, 0.5) is 11.4 Å². The molecule has 1 amide bonds. The van der Waals surface area contributed by atoms with Crippen molar-refractivity contribution in [2.45, 2.75) is 13.3 Å². The number of nitrogens with two attached hydrogens (primary N) is 1. The molecular formula is C16H20ClN3O3. The summed E-state index contributed by atoms with van der Waals surface area (Å²) in [5.41, 5.74) is 8.36. The number of pyridine rings is 1. The van der Waals surface area contributed by atoms with Crippen LogP contribution in [0.25, 0.3) is 0 Å². The van der Waals surface area contributed by atoms with Crippen LogP contribution in [0, 0.1) is 6.92 Å². The average molecular weight is 338 g/mol. The molecule has 0 spiro atoms. The highest BCUT2D eigenvalue weighted by Gasteiger charge is 2.11. The lowest BCUT2D eigenvalue weighted by Crippen LogP contribution is -2.16. The Hall–Kier alpha value is -2.47. The highest BCUT2D eigenvalue weighted by molar-refractivity contribution is 5.93. The van der Waals surface area contributed by atoms with Gasteiger partial charge >= 0.3 is 0 Å². The first-order chi connectivity index (χ1) is 10.5. The lowest BCUT2D eigenvalue weighted by molar-refractivity contribution is -0.115. The molecule has 1 aromatic heterocycles. The van der Waals surface area contributed by atoms with Crippen LogP contribution in [0.3, 0.4) is 0 Å². The van der Waals surface area contributed by atoms with Gasteiger partial charge in [0, 0.05) is 17.4 Å². The van der Waals surface area contributed by atoms with Gasteiger partial charge in [-0.2, -0.15) is 0 Å². The fraction of sp³-hybridized carbons (Fsp3) is 0.250. The van der Waals surface area contributed by atoms with E-state index in [4.69, 9.17) is 15.2 Å². The number of nitrogens with zero attached hydrogens (tertiary/aromatic N) is 1. The highest BCUT2D eigenvalue weighted by Crippen LogP contribution is 2.32. The second-order valence-corrected chi connectivity index (χ2v) is 4.83. The summed E-state index contributed by atoms with van der Waals surface area (Å²) in [6, 6.07) is 7.01. The Bertz CT molecular complexity index is 675. The molecule has 0 aliphatic rings. The zero-order chi connectivity index (χ0) is 16.1. The van der Waals surface area contributed by atoms with E-state index in [-0.39, 0.29) is 24.7 Å². The van der Waals surface area contributed by atoms with Crippen LogP contribution in [0.5, 0.6) is 11.5 Å². The van der Waals surface area contributed by atoms with Gasteiger partial charge in [0.25, 0.3) is 0 Å². The van der Waals surface area contributed by atoms with Crippen LogP contribution in [0.15, 0.2) is 30.5 Å². The fourth-order valence-electron chi connectivity index (χ4n) is 2.01. The number of aryl methyl sites for hydroxylation is 1. The quantitative estimate of drug-likeness (QED) is 0.875. The third-order valence-electron chi connectivity index (χ3n) is 3.19. The number of carbonyl (C=O) groups is 1. The molecule has 0 bridgehead atoms. The Morgan fingerprint density at radius 1 is 1.22 bits per heavy atom. The number of amides is 1. The summed E-state index contributed by atoms with van der Waals surface area (Å²) in [6.07, 6.45) is 1.71. The van der Waals surface area contributed by atoms with E-state index in [1.165, 1.54) is 6.20 Å². The fourth-order valence-corrected chi connectivity index (χ4v) is 2.01. The maximum Gasteiger partial charge on any atom is 0.230 e. The van der Waals surface area contributed by atoms with Crippen molar-refractivity contribution in [3.8, 4) is 11.5 Å². The van der Waals surface area contributed by atoms with Crippen molar-refractivity contribution in [3.63, 3.8) is 0 Å². The zero-order valence-corrected chi connectivity index (χ0v) is 14.1. The molecule has 23 heavy (non-hydrogen) atoms. The van der Waals surface area contributed by atoms with Crippen LogP contribution in [-0.4, -0.2) is 25.1 Å². The molecule has 1 aromatic carbocycles. The predicted octanol–water partition coefficient (Wildman–Crippen LogP) is 2.59. The lowest BCUT2D eigenvalue weighted by atomic mass is 10.1. The number of hydrogen-bond donors (Lipinski definition) is 2. The summed E-state index contributed by atoms with van der Waals surface area (Å²) in [6.45, 7) is 1.89. The van der Waals surface area contributed by atoms with E-state index in [9.17, 15) is 4.79 Å². The average Bonchev–Trinajstić information content (AvgIpc) is 2.51. The minimum Gasteiger partial charge on any atom is -0.493 e. The van der Waals surface area contributed by atoms with E-state index in [0.717, 1.165) is 5.56 Å². The van der Waals surface area contributed by atoms with Crippen LogP contribution in [-0.2, 0) is 11.2 Å². The summed E-state index contributed by atoms with van der Waals surface area (Å²) in [7, 11) is 3.12. The van der Waals surface area contributed by atoms with E-state index < -0.39 is 0 Å². The molecule has 0 unspecified atom stereocenters. The number of ether oxygens (including phenoxy) is 2. The first kappa shape index (κ1) is 18.6. The molecule has 0 fully saturated rings. The number of aromatic nitrogens is 1. The molecule has 124 valence electrons. The molecule has 0 saturated carbocycles. The molecular weight excluding hydrogens is 318 g/mol. The molecule has 0 aliphatic carbocycles. The van der Waals surface area contributed by atoms with E-state index in [2.05, 4.69) is 10.3 Å². The van der Waals surface area contributed by atoms with Gasteiger partial charge in [-0.1, -0.05) is 0 Å². The predicted molar refractivity (Wildman–Crippen MR) is 92.5 cm³/mol. The van der Waals surface area contributed by atoms with Crippen molar-refractivity contribution in [1.82, 2.24) is 4.98 Å². The minimum absolute atomic E-state index is 0. The minimum atomic E-state index is -0.160. The van der Waals surface area contributed by atoms with Gasteiger partial charge in [-0.3, -0.25) is 9.78 Å². The first-order valence-electron chi connectivity index (χ1n) is 6.76. The van der Waals surface area contributed by atoms with Gasteiger partial charge in [0.1, 0.15) is 0 Å². The summed E-state index contributed by atoms with van der Waals surface area (Å²) in [5, 5.41) is 2.85. The number of halogens is 1. The Kier molecular flexibility index (Phi) is 6.65. The van der Waals surface area contributed by atoms with E-state index in [1.807, 2.05) is 13.0 Å². The number of carbonyl (C=O) groups excluding carboxylic acids is 1. The monoisotopic (exact) mass is 337 g/mol. The van der Waals surface area contributed by atoms with Crippen molar-refractivity contribution in [3.05, 3.63) is 41.7 Å². The molecule has 2 rings (SSSR count). The molecule has 7 heteroatoms. The maximum atomic E-state index is 12.1. The van der Waals surface area contributed by atoms with Crippen molar-refractivity contribution >= 4 is 29.7 Å². The van der Waals surface area contributed by atoms with Gasteiger partial charge in [-0.25, -0.2) is 0 Å². The third-order valence-corrected chi connectivity index (χ3v) is 3.19. The topological polar surface area (TPSA) is 86.5 Å². The van der Waals surface area contributed by atoms with Gasteiger partial charge in [0.05, 0.1) is 32.5 Å². The highest BCUT2D eigenvalue weighted by atomic mass is 35.5. The van der Waals surface area contributed by atoms with Gasteiger partial charge in [0.2, 0.25) is 5.91 Å². The van der Waals surface area contributed by atoms with Gasteiger partial charge in [-0.05, 0) is 30.7 Å². The Morgan fingerprint density at radius 3 is 2.43 bits per heavy atom. The van der Waals surface area contributed by atoms with Crippen LogP contribution in [0.1, 0.15) is 11.3 Å². The third kappa shape index (κ3) is 4.75. The van der Waals surface area contributed by atoms with Crippen molar-refractivity contribution in [2.75, 3.05) is 25.3 Å². The van der Waals surface area contributed by atoms with Crippen LogP contribution >= 0.6 is 12.4 Å². The Balaban J connectivity index is 0.00000264. The molecule has 0 aliphatic heterocycles. The lowest BCUT2D eigenvalue weighted by Gasteiger charge is -2.13. The van der Waals surface area contributed by atoms with E-state index in [0.29, 0.717) is 28.6 Å². The van der Waals surface area contributed by atoms with Crippen molar-refractivity contribution in [2.24, 2.45) is 0 Å². The second-order valence-electron chi connectivity index (χ2n) is 4.83. The number of methoxy groups -OCH3 is 2. The van der Waals surface area contributed by atoms with Gasteiger partial charge in [-0.15, -0.1) is 12.4 Å². The molecule has 2 aromatic rings. The molecule has 0 atom stereocenters. The number of hydrogen-bond acceptors (Lipinski definition) is 5. The van der Waals surface area contributed by atoms with E-state index >= 15 is 0 Å². The SMILES string of the molecule is COc1cc(C)c(NC(=O)Cc2ccc(N)cn2)cc1OC.Cl. The standard InChI is InChI=1S/C16H19N3O3.ClH/c1-10-6-14(21-2)15(22-3)8-13(10)19-16(20)7-12-5-4-11(17)9-18-12;/h4-6,8-9H,7,17H2,1-3H3,(H,19,20);1H. The molecule has 3 N–H and O–H groups in total. The Labute approximate surface area is 141 Å². The maximum absolute atomic E-state index is 12.1. The summed E-state index contributed by atoms with van der Waals surface area (Å²) in [5.74, 6) is 1.03. The number of nitrogens with one attached hydrogen (secondary N) is 1. The van der Waals surface area contributed by atoms with Crippen molar-refractivity contribution < 1.29 is 14.3 Å². The number of rotatable bonds is 5. The number of anilines is 2. The van der Waals surface area contributed by atoms with Crippen molar-refractivity contribution in [1.29, 1.82) is 0 Å². The van der Waals surface area contributed by atoms with Crippen LogP contribution < -0.4 is 20.5 Å². The summed E-state index contributed by atoms with van der Waals surface area (Å²) >= 11 is 0. The van der Waals surface area contributed by atoms with Crippen LogP contribution in [0.2, 0.25) is 0 Å². The smallest absolute Gasteiger partial charge is 0.230 e. The van der Waals surface area contributed by atoms with Gasteiger partial charge in [0.15, 0.2) is 11.5 Å². The molecule has 0 saturated heterocycles. The normalized spacial score (nSPS) is 9.70.